The van der Waals surface area contributed by atoms with Crippen LogP contribution in [0.1, 0.15) is 52.7 Å². The van der Waals surface area contributed by atoms with Crippen molar-refractivity contribution in [2.45, 2.75) is 95.7 Å². The molecular weight excluding hydrogens is 498 g/mol. The maximum atomic E-state index is 14.2. The summed E-state index contributed by atoms with van der Waals surface area (Å²) < 4.78 is 11.8. The van der Waals surface area contributed by atoms with E-state index in [1.54, 1.807) is 0 Å². The van der Waals surface area contributed by atoms with Gasteiger partial charge in [-0.2, -0.15) is 0 Å². The fraction of sp³-hybridized carbons (Fsp3) is 0.552. The fourth-order valence-corrected chi connectivity index (χ4v) is 12.2. The van der Waals surface area contributed by atoms with Crippen molar-refractivity contribution in [3.63, 3.8) is 0 Å². The first-order chi connectivity index (χ1) is 18.1. The van der Waals surface area contributed by atoms with Crippen molar-refractivity contribution in [3.05, 3.63) is 82.2 Å². The highest BCUT2D eigenvalue weighted by molar-refractivity contribution is 7.09. The van der Waals surface area contributed by atoms with Crippen molar-refractivity contribution in [1.82, 2.24) is 0 Å². The van der Waals surface area contributed by atoms with Gasteiger partial charge in [-0.25, -0.2) is 0 Å². The molecule has 0 spiro atoms. The summed E-state index contributed by atoms with van der Waals surface area (Å²) in [5, 5.41) is 26.2. The highest BCUT2D eigenvalue weighted by atomic mass is 28.3. The average molecular weight is 542 g/mol. The van der Waals surface area contributed by atoms with Crippen LogP contribution < -0.4 is 0 Å². The zero-order valence-electron chi connectivity index (χ0n) is 23.4. The van der Waals surface area contributed by atoms with Crippen LogP contribution >= 0.6 is 0 Å². The lowest BCUT2D eigenvalue weighted by Crippen LogP contribution is -2.61. The third kappa shape index (κ3) is 7.76. The van der Waals surface area contributed by atoms with Crippen LogP contribution in [0.4, 0.5) is 0 Å². The first-order valence-corrected chi connectivity index (χ1v) is 15.5. The molecule has 0 aromatic heterocycles. The minimum atomic E-state index is -2.75. The Bertz CT molecular complexity index is 1010. The quantitative estimate of drug-likeness (QED) is 0.117. The molecule has 0 unspecified atom stereocenters. The van der Waals surface area contributed by atoms with Gasteiger partial charge in [0.15, 0.2) is 0 Å². The second kappa shape index (κ2) is 15.2. The van der Waals surface area contributed by atoms with E-state index in [-0.39, 0.29) is 41.9 Å². The highest BCUT2D eigenvalue weighted by Crippen LogP contribution is 2.43. The molecule has 9 heteroatoms. The molecule has 0 fully saturated rings. The molecule has 8 nitrogen and oxygen atoms in total. The van der Waals surface area contributed by atoms with Crippen LogP contribution in [0.25, 0.3) is 10.4 Å². The van der Waals surface area contributed by atoms with Gasteiger partial charge >= 0.3 is 0 Å². The molecule has 2 aromatic rings. The number of azide groups is 1. The number of carbonyl (C=O) groups is 1. The number of aliphatic hydroxyl groups is 2. The van der Waals surface area contributed by atoms with Gasteiger partial charge < -0.3 is 24.5 Å². The van der Waals surface area contributed by atoms with E-state index < -0.39 is 32.4 Å². The Labute approximate surface area is 227 Å². The predicted molar refractivity (Wildman–Crippen MR) is 152 cm³/mol. The lowest BCUT2D eigenvalue weighted by molar-refractivity contribution is -0.135. The standard InChI is InChI=1S/C29H43N3O5Si/c1-20(2)38(21(3)4,22(5)6)29(35)27(34)28(37-18-24-15-11-8-12-16-24)26(31-32-30)25(33)19-36-17-23-13-9-7-10-14-23/h7-16,20-22,25-28,33-34H,17-19H2,1-6H3/t25-,26+,27-,28+/m1/s1. The molecule has 208 valence electrons. The maximum absolute atomic E-state index is 14.2. The topological polar surface area (TPSA) is 125 Å². The van der Waals surface area contributed by atoms with Crippen LogP contribution in [0.5, 0.6) is 0 Å². The molecule has 2 rings (SSSR count). The lowest BCUT2D eigenvalue weighted by atomic mass is 10.0. The molecule has 0 bridgehead atoms. The number of carbonyl (C=O) groups excluding carboxylic acids is 1. The smallest absolute Gasteiger partial charge is 0.144 e. The van der Waals surface area contributed by atoms with Crippen LogP contribution in [0.3, 0.4) is 0 Å². The van der Waals surface area contributed by atoms with Crippen molar-refractivity contribution in [2.75, 3.05) is 6.61 Å². The van der Waals surface area contributed by atoms with Gasteiger partial charge in [-0.3, -0.25) is 0 Å². The molecule has 0 amide bonds. The van der Waals surface area contributed by atoms with E-state index in [0.29, 0.717) is 0 Å². The van der Waals surface area contributed by atoms with E-state index in [4.69, 9.17) is 9.47 Å². The van der Waals surface area contributed by atoms with Crippen molar-refractivity contribution in [1.29, 1.82) is 0 Å². The Hall–Kier alpha value is -2.52. The summed E-state index contributed by atoms with van der Waals surface area (Å²) in [6, 6.07) is 17.6. The normalized spacial score (nSPS) is 15.2. The minimum absolute atomic E-state index is 0.0662. The Morgan fingerprint density at radius 1 is 0.868 bits per heavy atom. The van der Waals surface area contributed by atoms with E-state index in [1.165, 1.54) is 0 Å². The van der Waals surface area contributed by atoms with Crippen LogP contribution in [0, 0.1) is 0 Å². The molecule has 0 saturated heterocycles. The zero-order chi connectivity index (χ0) is 28.3. The number of benzene rings is 2. The van der Waals surface area contributed by atoms with E-state index in [1.807, 2.05) is 102 Å². The van der Waals surface area contributed by atoms with Crippen molar-refractivity contribution < 1.29 is 24.5 Å². The number of hydrogen-bond donors (Lipinski definition) is 2. The van der Waals surface area contributed by atoms with E-state index in [9.17, 15) is 20.5 Å². The van der Waals surface area contributed by atoms with E-state index in [0.717, 1.165) is 11.1 Å². The molecule has 4 atom stereocenters. The molecule has 0 aliphatic carbocycles. The minimum Gasteiger partial charge on any atom is -0.390 e. The Balaban J connectivity index is 2.38. The third-order valence-corrected chi connectivity index (χ3v) is 14.4. The summed E-state index contributed by atoms with van der Waals surface area (Å²) in [5.41, 5.74) is 11.3. The third-order valence-electron chi connectivity index (χ3n) is 7.47. The van der Waals surface area contributed by atoms with Crippen LogP contribution in [0.2, 0.25) is 16.6 Å². The first kappa shape index (κ1) is 31.7. The summed E-state index contributed by atoms with van der Waals surface area (Å²) in [7, 11) is -2.75. The van der Waals surface area contributed by atoms with Gasteiger partial charge in [-0.15, -0.1) is 0 Å². The van der Waals surface area contributed by atoms with Crippen molar-refractivity contribution in [3.8, 4) is 0 Å². The van der Waals surface area contributed by atoms with Crippen LogP contribution in [0.15, 0.2) is 65.8 Å². The van der Waals surface area contributed by atoms with E-state index in [2.05, 4.69) is 10.0 Å². The predicted octanol–water partition coefficient (Wildman–Crippen LogP) is 5.98. The van der Waals surface area contributed by atoms with Gasteiger partial charge in [0.25, 0.3) is 0 Å². The monoisotopic (exact) mass is 541 g/mol. The number of nitrogens with zero attached hydrogens (tertiary/aromatic N) is 3. The summed E-state index contributed by atoms with van der Waals surface area (Å²) in [5.74, 6) is 0. The molecule has 0 aliphatic rings. The summed E-state index contributed by atoms with van der Waals surface area (Å²) in [6.07, 6.45) is -4.13. The summed E-state index contributed by atoms with van der Waals surface area (Å²) >= 11 is 0. The number of ether oxygens (including phenoxy) is 2. The fourth-order valence-electron chi connectivity index (χ4n) is 5.79. The molecule has 38 heavy (non-hydrogen) atoms. The first-order valence-electron chi connectivity index (χ1n) is 13.3. The van der Waals surface area contributed by atoms with Crippen molar-refractivity contribution in [2.24, 2.45) is 5.11 Å². The molecule has 0 aliphatic heterocycles. The molecule has 2 aromatic carbocycles. The largest absolute Gasteiger partial charge is 0.390 e. The molecule has 0 saturated carbocycles. The Kier molecular flexibility index (Phi) is 12.6. The lowest BCUT2D eigenvalue weighted by Gasteiger charge is -2.44. The zero-order valence-corrected chi connectivity index (χ0v) is 24.4. The van der Waals surface area contributed by atoms with E-state index >= 15 is 0 Å². The highest BCUT2D eigenvalue weighted by Gasteiger charge is 2.54. The molecule has 0 heterocycles. The molecular formula is C29H43N3O5Si. The summed E-state index contributed by atoms with van der Waals surface area (Å²) in [4.78, 5) is 17.1. The summed E-state index contributed by atoms with van der Waals surface area (Å²) in [6.45, 7) is 12.4. The Morgan fingerprint density at radius 3 is 1.79 bits per heavy atom. The molecule has 0 radical (unpaired) electrons. The average Bonchev–Trinajstić information content (AvgIpc) is 2.88. The van der Waals surface area contributed by atoms with Crippen LogP contribution in [-0.4, -0.2) is 54.7 Å². The second-order valence-corrected chi connectivity index (χ2v) is 16.6. The van der Waals surface area contributed by atoms with Gasteiger partial charge in [0.05, 0.1) is 32.0 Å². The van der Waals surface area contributed by atoms with Gasteiger partial charge in [-0.05, 0) is 33.3 Å². The second-order valence-electron chi connectivity index (χ2n) is 10.7. The van der Waals surface area contributed by atoms with Crippen LogP contribution in [-0.2, 0) is 27.5 Å². The Morgan fingerprint density at radius 2 is 1.34 bits per heavy atom. The number of hydrogen-bond acceptors (Lipinski definition) is 6. The maximum Gasteiger partial charge on any atom is 0.144 e. The number of rotatable bonds is 16. The number of aliphatic hydroxyl groups excluding tert-OH is 2. The van der Waals surface area contributed by atoms with Gasteiger partial charge in [0.1, 0.15) is 25.7 Å². The molecule has 2 N–H and O–H groups in total. The van der Waals surface area contributed by atoms with Crippen molar-refractivity contribution >= 4 is 13.5 Å². The van der Waals surface area contributed by atoms with Gasteiger partial charge in [0, 0.05) is 4.91 Å². The van der Waals surface area contributed by atoms with Gasteiger partial charge in [-0.1, -0.05) is 107 Å². The van der Waals surface area contributed by atoms with Gasteiger partial charge in [0.2, 0.25) is 0 Å². The SMILES string of the molecule is CC(C)[Si](C(=O)[C@H](O)[C@@H](OCc1ccccc1)[C@@H](N=[N+]=[N-])[C@H](O)COCc1ccccc1)(C(C)C)C(C)C.